The van der Waals surface area contributed by atoms with Gasteiger partial charge in [0, 0.05) is 50.8 Å². The molecule has 1 aliphatic carbocycles. The van der Waals surface area contributed by atoms with Gasteiger partial charge in [0.1, 0.15) is 12.1 Å². The maximum Gasteiger partial charge on any atom is 0.425 e. The van der Waals surface area contributed by atoms with Crippen LogP contribution in [0.5, 0.6) is 5.88 Å². The Morgan fingerprint density at radius 1 is 1.24 bits per heavy atom. The molecule has 2 aromatic heterocycles. The van der Waals surface area contributed by atoms with Gasteiger partial charge in [0.2, 0.25) is 23.6 Å². The fourth-order valence-electron chi connectivity index (χ4n) is 4.86. The second-order valence-electron chi connectivity index (χ2n) is 10.0. The minimum atomic E-state index is -4.45. The molecule has 4 rings (SSSR count). The Balaban J connectivity index is 1.21. The summed E-state index contributed by atoms with van der Waals surface area (Å²) in [5, 5.41) is 10.5. The molecular weight excluding hydrogens is 494 g/mol. The fraction of sp³-hybridized carbons (Fsp3) is 0.680. The molecule has 0 aromatic carbocycles. The maximum atomic E-state index is 15.5. The van der Waals surface area contributed by atoms with Crippen LogP contribution in [0.1, 0.15) is 62.1 Å². The quantitative estimate of drug-likeness (QED) is 0.521. The number of alkyl halides is 4. The molecule has 37 heavy (non-hydrogen) atoms. The summed E-state index contributed by atoms with van der Waals surface area (Å²) < 4.78 is 64.1. The van der Waals surface area contributed by atoms with Gasteiger partial charge in [-0.2, -0.15) is 13.2 Å². The highest BCUT2D eigenvalue weighted by Gasteiger charge is 2.38. The number of nitrogens with zero attached hydrogens (tertiary/aromatic N) is 4. The first kappa shape index (κ1) is 27.3. The molecule has 204 valence electrons. The zero-order chi connectivity index (χ0) is 26.6. The van der Waals surface area contributed by atoms with E-state index in [0.29, 0.717) is 63.9 Å². The SMILES string of the molecule is Cc1nnc(CC(=O)NC2CCC(F)(CCN3CCc4ccc(O[C@H](C)C(F)(F)F)nc4CC3)CC2)o1. The Labute approximate surface area is 213 Å². The first-order valence-corrected chi connectivity index (χ1v) is 12.7. The predicted octanol–water partition coefficient (Wildman–Crippen LogP) is 3.90. The van der Waals surface area contributed by atoms with Gasteiger partial charge in [0.25, 0.3) is 0 Å². The Hall–Kier alpha value is -2.76. The number of hydrogen-bond acceptors (Lipinski definition) is 7. The molecule has 12 heteroatoms. The molecule has 1 N–H and O–H groups in total. The van der Waals surface area contributed by atoms with Crippen LogP contribution in [-0.4, -0.2) is 69.6 Å². The third-order valence-corrected chi connectivity index (χ3v) is 7.17. The van der Waals surface area contributed by atoms with Crippen molar-refractivity contribution in [1.82, 2.24) is 25.4 Å². The number of rotatable bonds is 8. The van der Waals surface area contributed by atoms with Crippen molar-refractivity contribution in [3.63, 3.8) is 0 Å². The lowest BCUT2D eigenvalue weighted by molar-refractivity contribution is -0.190. The fourth-order valence-corrected chi connectivity index (χ4v) is 4.86. The van der Waals surface area contributed by atoms with Crippen LogP contribution in [-0.2, 0) is 24.1 Å². The van der Waals surface area contributed by atoms with Gasteiger partial charge in [0.05, 0.1) is 0 Å². The Morgan fingerprint density at radius 3 is 2.65 bits per heavy atom. The molecule has 1 saturated carbocycles. The number of nitrogens with one attached hydrogen (secondary N) is 1. The van der Waals surface area contributed by atoms with E-state index in [1.165, 1.54) is 6.07 Å². The number of aryl methyl sites for hydroxylation is 1. The van der Waals surface area contributed by atoms with Gasteiger partial charge in [-0.1, -0.05) is 6.07 Å². The molecule has 0 spiro atoms. The highest BCUT2D eigenvalue weighted by Crippen LogP contribution is 2.35. The van der Waals surface area contributed by atoms with E-state index in [2.05, 4.69) is 25.4 Å². The zero-order valence-electron chi connectivity index (χ0n) is 21.1. The van der Waals surface area contributed by atoms with Gasteiger partial charge in [0.15, 0.2) is 6.10 Å². The summed E-state index contributed by atoms with van der Waals surface area (Å²) in [7, 11) is 0. The zero-order valence-corrected chi connectivity index (χ0v) is 21.1. The summed E-state index contributed by atoms with van der Waals surface area (Å²) in [6.45, 7) is 4.60. The first-order valence-electron chi connectivity index (χ1n) is 12.7. The Morgan fingerprint density at radius 2 is 1.97 bits per heavy atom. The number of amides is 1. The van der Waals surface area contributed by atoms with Crippen molar-refractivity contribution in [2.75, 3.05) is 19.6 Å². The molecule has 1 aliphatic heterocycles. The molecule has 1 atom stereocenters. The number of hydrogen-bond donors (Lipinski definition) is 1. The second kappa shape index (κ2) is 11.3. The summed E-state index contributed by atoms with van der Waals surface area (Å²) >= 11 is 0. The van der Waals surface area contributed by atoms with E-state index in [1.54, 1.807) is 13.0 Å². The summed E-state index contributed by atoms with van der Waals surface area (Å²) in [5.74, 6) is 0.427. The molecule has 0 unspecified atom stereocenters. The van der Waals surface area contributed by atoms with Gasteiger partial charge in [-0.05, 0) is 51.0 Å². The number of aromatic nitrogens is 3. The molecular formula is C25H33F4N5O3. The van der Waals surface area contributed by atoms with Crippen molar-refractivity contribution >= 4 is 5.91 Å². The standard InChI is InChI=1S/C25H33F4N5O3/c1-16(25(27,28)29)36-22-4-3-18-7-12-34(13-8-20(18)31-22)14-11-24(26)9-5-19(6-10-24)30-21(35)15-23-33-32-17(2)37-23/h3-4,16,19H,5-15H2,1-2H3,(H,30,35)/t16-,19?,24?/m1/s1. The van der Waals surface area contributed by atoms with Crippen molar-refractivity contribution in [3.8, 4) is 5.88 Å². The molecule has 8 nitrogen and oxygen atoms in total. The topological polar surface area (TPSA) is 93.4 Å². The average Bonchev–Trinajstić information content (AvgIpc) is 3.13. The summed E-state index contributed by atoms with van der Waals surface area (Å²) in [5.41, 5.74) is 0.435. The first-order chi connectivity index (χ1) is 17.5. The van der Waals surface area contributed by atoms with Crippen LogP contribution >= 0.6 is 0 Å². The van der Waals surface area contributed by atoms with E-state index < -0.39 is 17.9 Å². The Kier molecular flexibility index (Phi) is 8.35. The third kappa shape index (κ3) is 7.62. The lowest BCUT2D eigenvalue weighted by Crippen LogP contribution is -2.43. The lowest BCUT2D eigenvalue weighted by atomic mass is 9.81. The second-order valence-corrected chi connectivity index (χ2v) is 10.0. The van der Waals surface area contributed by atoms with Crippen molar-refractivity contribution in [2.24, 2.45) is 0 Å². The minimum absolute atomic E-state index is 0.0132. The van der Waals surface area contributed by atoms with Gasteiger partial charge in [-0.3, -0.25) is 4.79 Å². The highest BCUT2D eigenvalue weighted by atomic mass is 19.4. The number of carbonyl (C=O) groups is 1. The predicted molar refractivity (Wildman–Crippen MR) is 126 cm³/mol. The molecule has 2 aromatic rings. The number of halogens is 4. The molecule has 1 amide bonds. The van der Waals surface area contributed by atoms with E-state index in [0.717, 1.165) is 24.7 Å². The van der Waals surface area contributed by atoms with Gasteiger partial charge in [-0.25, -0.2) is 9.37 Å². The molecule has 3 heterocycles. The molecule has 0 bridgehead atoms. The molecule has 0 saturated heterocycles. The number of ether oxygens (including phenoxy) is 1. The van der Waals surface area contributed by atoms with Gasteiger partial charge < -0.3 is 19.4 Å². The summed E-state index contributed by atoms with van der Waals surface area (Å²) in [4.78, 5) is 18.7. The number of fused-ring (bicyclic) bond motifs is 1. The lowest BCUT2D eigenvalue weighted by Gasteiger charge is -2.35. The Bertz CT molecular complexity index is 1070. The van der Waals surface area contributed by atoms with Crippen LogP contribution in [0.2, 0.25) is 0 Å². The normalized spacial score (nSPS) is 23.7. The van der Waals surface area contributed by atoms with Gasteiger partial charge >= 0.3 is 6.18 Å². The minimum Gasteiger partial charge on any atom is -0.465 e. The van der Waals surface area contributed by atoms with E-state index in [1.807, 2.05) is 0 Å². The smallest absolute Gasteiger partial charge is 0.425 e. The summed E-state index contributed by atoms with van der Waals surface area (Å²) in [6, 6.07) is 3.18. The van der Waals surface area contributed by atoms with E-state index in [9.17, 15) is 18.0 Å². The van der Waals surface area contributed by atoms with Crippen LogP contribution in [0, 0.1) is 6.92 Å². The number of pyridine rings is 1. The van der Waals surface area contributed by atoms with Crippen LogP contribution in [0.4, 0.5) is 17.6 Å². The molecule has 2 aliphatic rings. The van der Waals surface area contributed by atoms with Crippen LogP contribution in [0.15, 0.2) is 16.5 Å². The number of carbonyl (C=O) groups excluding carboxylic acids is 1. The van der Waals surface area contributed by atoms with E-state index in [4.69, 9.17) is 9.15 Å². The average molecular weight is 528 g/mol. The largest absolute Gasteiger partial charge is 0.465 e. The molecule has 1 fully saturated rings. The third-order valence-electron chi connectivity index (χ3n) is 7.17. The highest BCUT2D eigenvalue weighted by molar-refractivity contribution is 5.77. The maximum absolute atomic E-state index is 15.5. The monoisotopic (exact) mass is 527 g/mol. The van der Waals surface area contributed by atoms with Crippen molar-refractivity contribution in [3.05, 3.63) is 35.2 Å². The van der Waals surface area contributed by atoms with E-state index in [-0.39, 0.29) is 30.1 Å². The van der Waals surface area contributed by atoms with E-state index >= 15 is 4.39 Å². The van der Waals surface area contributed by atoms with Crippen molar-refractivity contribution in [1.29, 1.82) is 0 Å². The van der Waals surface area contributed by atoms with Crippen LogP contribution in [0.25, 0.3) is 0 Å². The van der Waals surface area contributed by atoms with Crippen molar-refractivity contribution in [2.45, 2.75) is 89.2 Å². The van der Waals surface area contributed by atoms with Crippen LogP contribution < -0.4 is 10.1 Å². The molecule has 0 radical (unpaired) electrons. The summed E-state index contributed by atoms with van der Waals surface area (Å²) in [6.07, 6.45) is -2.80. The van der Waals surface area contributed by atoms with Crippen molar-refractivity contribution < 1.29 is 31.5 Å². The van der Waals surface area contributed by atoms with Gasteiger partial charge in [-0.15, -0.1) is 10.2 Å². The van der Waals surface area contributed by atoms with Crippen LogP contribution in [0.3, 0.4) is 0 Å².